The first-order valence-electron chi connectivity index (χ1n) is 15.0. The minimum atomic E-state index is -3.62. The average molecular weight is 682 g/mol. The van der Waals surface area contributed by atoms with Crippen molar-refractivity contribution in [2.75, 3.05) is 44.9 Å². The molecule has 0 fully saturated rings. The van der Waals surface area contributed by atoms with E-state index in [-0.39, 0.29) is 51.3 Å². The summed E-state index contributed by atoms with van der Waals surface area (Å²) in [4.78, 5) is 68.7. The lowest BCUT2D eigenvalue weighted by Crippen LogP contribution is -2.51. The first kappa shape index (κ1) is 38.9. The van der Waals surface area contributed by atoms with Gasteiger partial charge in [0.15, 0.2) is 0 Å². The largest absolute Gasteiger partial charge is 0.467 e. The van der Waals surface area contributed by atoms with Crippen LogP contribution in [0.1, 0.15) is 46.6 Å². The smallest absolute Gasteiger partial charge is 0.413 e. The Labute approximate surface area is 273 Å². The highest BCUT2D eigenvalue weighted by molar-refractivity contribution is 7.53. The first-order chi connectivity index (χ1) is 22.2. The van der Waals surface area contributed by atoms with Crippen LogP contribution in [0.15, 0.2) is 47.4 Å². The molecule has 0 radical (unpaired) electrons. The zero-order valence-corrected chi connectivity index (χ0v) is 28.4. The van der Waals surface area contributed by atoms with Crippen LogP contribution in [-0.2, 0) is 50.6 Å². The zero-order chi connectivity index (χ0) is 35.0. The summed E-state index contributed by atoms with van der Waals surface area (Å²) in [5.74, 6) is -1.65. The number of carbonyl (C=O) groups excluding carboxylic acids is 4. The van der Waals surface area contributed by atoms with E-state index in [1.807, 2.05) is 6.07 Å². The van der Waals surface area contributed by atoms with Crippen LogP contribution in [0.5, 0.6) is 0 Å². The fourth-order valence-electron chi connectivity index (χ4n) is 4.14. The molecule has 1 heterocycles. The van der Waals surface area contributed by atoms with E-state index in [9.17, 15) is 28.5 Å². The van der Waals surface area contributed by atoms with Gasteiger partial charge >= 0.3 is 31.4 Å². The van der Waals surface area contributed by atoms with Crippen LogP contribution in [0.2, 0.25) is 0 Å². The van der Waals surface area contributed by atoms with E-state index < -0.39 is 55.5 Å². The van der Waals surface area contributed by atoms with Gasteiger partial charge in [0.05, 0.1) is 26.5 Å². The number of benzene rings is 1. The Morgan fingerprint density at radius 2 is 1.68 bits per heavy atom. The Kier molecular flexibility index (Phi) is 15.5. The molecule has 1 atom stereocenters. The number of ether oxygens (including phenoxy) is 3. The van der Waals surface area contributed by atoms with Crippen molar-refractivity contribution < 1.29 is 47.0 Å². The molecular weight excluding hydrogens is 637 g/mol. The van der Waals surface area contributed by atoms with Crippen molar-refractivity contribution in [3.63, 3.8) is 0 Å². The molecule has 16 nitrogen and oxygen atoms in total. The lowest BCUT2D eigenvalue weighted by Gasteiger charge is -2.31. The standard InChI is InChI=1S/C30H44N5O11P/c1-7-44-47(41,45-8-2)19-15-23(26(37)42-6)35(18-16-31-28(39)46-30(3,4)5)25(36)20-34-17-14-24(32-27(34)38)33-29(40)43-21-22-12-10-9-11-13-22/h9-14,17,23H,7-8,15-16,18-21H2,1-6H3,(H,31,39)(H,32,33,38,40)/t23-/m1/s1. The molecular formula is C30H44N5O11P. The molecule has 0 saturated heterocycles. The second-order valence-electron chi connectivity index (χ2n) is 10.9. The van der Waals surface area contributed by atoms with Gasteiger partial charge in [-0.15, -0.1) is 0 Å². The third-order valence-electron chi connectivity index (χ3n) is 6.14. The Morgan fingerprint density at radius 1 is 1.02 bits per heavy atom. The molecule has 47 heavy (non-hydrogen) atoms. The highest BCUT2D eigenvalue weighted by atomic mass is 31.2. The van der Waals surface area contributed by atoms with Crippen LogP contribution in [0.4, 0.5) is 15.4 Å². The van der Waals surface area contributed by atoms with Crippen LogP contribution < -0.4 is 16.3 Å². The van der Waals surface area contributed by atoms with Gasteiger partial charge in [0.1, 0.15) is 30.6 Å². The van der Waals surface area contributed by atoms with Gasteiger partial charge in [0.25, 0.3) is 0 Å². The van der Waals surface area contributed by atoms with Crippen LogP contribution in [0, 0.1) is 0 Å². The summed E-state index contributed by atoms with van der Waals surface area (Å²) < 4.78 is 40.1. The molecule has 0 spiro atoms. The first-order valence-corrected chi connectivity index (χ1v) is 16.7. The van der Waals surface area contributed by atoms with Crippen molar-refractivity contribution in [2.45, 2.75) is 65.8 Å². The molecule has 17 heteroatoms. The van der Waals surface area contributed by atoms with Gasteiger partial charge in [-0.05, 0) is 52.7 Å². The number of rotatable bonds is 17. The maximum Gasteiger partial charge on any atom is 0.413 e. The van der Waals surface area contributed by atoms with E-state index >= 15 is 0 Å². The zero-order valence-electron chi connectivity index (χ0n) is 27.6. The van der Waals surface area contributed by atoms with E-state index in [0.29, 0.717) is 0 Å². The van der Waals surface area contributed by atoms with Gasteiger partial charge in [0.2, 0.25) is 5.91 Å². The number of hydrogen-bond donors (Lipinski definition) is 2. The molecule has 0 saturated carbocycles. The number of esters is 1. The molecule has 3 amide bonds. The highest BCUT2D eigenvalue weighted by Crippen LogP contribution is 2.49. The summed E-state index contributed by atoms with van der Waals surface area (Å²) >= 11 is 0. The lowest BCUT2D eigenvalue weighted by atomic mass is 10.2. The number of nitrogens with one attached hydrogen (secondary N) is 2. The number of nitrogens with zero attached hydrogens (tertiary/aromatic N) is 3. The maximum absolute atomic E-state index is 13.7. The average Bonchev–Trinajstić information content (AvgIpc) is 3.00. The highest BCUT2D eigenvalue weighted by Gasteiger charge is 2.34. The van der Waals surface area contributed by atoms with Crippen molar-refractivity contribution in [1.82, 2.24) is 19.8 Å². The van der Waals surface area contributed by atoms with Crippen LogP contribution >= 0.6 is 7.60 Å². The van der Waals surface area contributed by atoms with Crippen molar-refractivity contribution in [3.05, 3.63) is 58.6 Å². The van der Waals surface area contributed by atoms with Gasteiger partial charge in [-0.2, -0.15) is 4.98 Å². The molecule has 1 aromatic carbocycles. The predicted molar refractivity (Wildman–Crippen MR) is 171 cm³/mol. The van der Waals surface area contributed by atoms with Crippen LogP contribution in [0.25, 0.3) is 0 Å². The molecule has 0 bridgehead atoms. The number of alkyl carbamates (subject to hydrolysis) is 1. The summed E-state index contributed by atoms with van der Waals surface area (Å²) in [5.41, 5.74) is -0.890. The van der Waals surface area contributed by atoms with Gasteiger partial charge in [-0.1, -0.05) is 30.3 Å². The Balaban J connectivity index is 2.23. The topological polar surface area (TPSA) is 194 Å². The number of carbonyl (C=O) groups is 4. The van der Waals surface area contributed by atoms with Crippen molar-refractivity contribution >= 4 is 37.5 Å². The van der Waals surface area contributed by atoms with Gasteiger partial charge < -0.3 is 33.5 Å². The van der Waals surface area contributed by atoms with Crippen LogP contribution in [0.3, 0.4) is 0 Å². The summed E-state index contributed by atoms with van der Waals surface area (Å²) in [6.07, 6.45) is -0.746. The fraction of sp³-hybridized carbons (Fsp3) is 0.533. The van der Waals surface area contributed by atoms with Crippen LogP contribution in [-0.4, -0.2) is 89.7 Å². The molecule has 2 aromatic rings. The van der Waals surface area contributed by atoms with E-state index in [1.54, 1.807) is 58.9 Å². The SMILES string of the molecule is CCOP(=O)(CC[C@H](C(=O)OC)N(CCNC(=O)OC(C)(C)C)C(=O)Cn1ccc(NC(=O)OCc2ccccc2)nc1=O)OCC. The number of aromatic nitrogens is 2. The molecule has 260 valence electrons. The fourth-order valence-corrected chi connectivity index (χ4v) is 5.82. The molecule has 0 aliphatic rings. The normalized spacial score (nSPS) is 12.0. The number of hydrogen-bond acceptors (Lipinski definition) is 12. The summed E-state index contributed by atoms with van der Waals surface area (Å²) in [7, 11) is -2.49. The van der Waals surface area contributed by atoms with Gasteiger partial charge in [-0.25, -0.2) is 19.2 Å². The minimum absolute atomic E-state index is 0.00279. The summed E-state index contributed by atoms with van der Waals surface area (Å²) in [6, 6.07) is 8.99. The molecule has 1 aromatic heterocycles. The van der Waals surface area contributed by atoms with E-state index in [2.05, 4.69) is 15.6 Å². The Bertz CT molecular complexity index is 1440. The minimum Gasteiger partial charge on any atom is -0.467 e. The number of anilines is 1. The predicted octanol–water partition coefficient (Wildman–Crippen LogP) is 3.54. The van der Waals surface area contributed by atoms with Gasteiger partial charge in [0, 0.05) is 19.3 Å². The third kappa shape index (κ3) is 13.9. The second-order valence-corrected chi connectivity index (χ2v) is 13.1. The quantitative estimate of drug-likeness (QED) is 0.140. The van der Waals surface area contributed by atoms with Crippen molar-refractivity contribution in [2.24, 2.45) is 0 Å². The van der Waals surface area contributed by atoms with E-state index in [4.69, 9.17) is 23.3 Å². The second kappa shape index (κ2) is 18.8. The van der Waals surface area contributed by atoms with Gasteiger partial charge in [-0.3, -0.25) is 19.2 Å². The van der Waals surface area contributed by atoms with Crippen molar-refractivity contribution in [3.8, 4) is 0 Å². The number of methoxy groups -OCH3 is 1. The molecule has 0 aliphatic heterocycles. The van der Waals surface area contributed by atoms with E-state index in [1.165, 1.54) is 12.3 Å². The molecule has 0 unspecified atom stereocenters. The summed E-state index contributed by atoms with van der Waals surface area (Å²) in [6.45, 7) is 7.61. The van der Waals surface area contributed by atoms with Crippen molar-refractivity contribution in [1.29, 1.82) is 0 Å². The monoisotopic (exact) mass is 681 g/mol. The Morgan fingerprint density at radius 3 is 2.26 bits per heavy atom. The maximum atomic E-state index is 13.7. The molecule has 2 rings (SSSR count). The Hall–Kier alpha value is -4.27. The summed E-state index contributed by atoms with van der Waals surface area (Å²) in [5, 5.41) is 4.89. The van der Waals surface area contributed by atoms with E-state index in [0.717, 1.165) is 22.1 Å². The number of amides is 3. The molecule has 0 aliphatic carbocycles. The molecule has 2 N–H and O–H groups in total. The lowest BCUT2D eigenvalue weighted by molar-refractivity contribution is -0.153. The third-order valence-corrected chi connectivity index (χ3v) is 8.25.